The molecule has 2 unspecified atom stereocenters. The Morgan fingerprint density at radius 1 is 1.09 bits per heavy atom. The molecule has 2 atom stereocenters. The van der Waals surface area contributed by atoms with Crippen LogP contribution in [0.4, 0.5) is 0 Å². The van der Waals surface area contributed by atoms with Crippen molar-refractivity contribution >= 4 is 0 Å². The van der Waals surface area contributed by atoms with Crippen LogP contribution in [0.5, 0.6) is 0 Å². The lowest BCUT2D eigenvalue weighted by Crippen LogP contribution is -2.20. The summed E-state index contributed by atoms with van der Waals surface area (Å²) >= 11 is 0. The molecule has 1 aliphatic heterocycles. The van der Waals surface area contributed by atoms with Gasteiger partial charge in [0.05, 0.1) is 11.6 Å². The van der Waals surface area contributed by atoms with Crippen molar-refractivity contribution in [2.75, 3.05) is 19.7 Å². The molecule has 3 nitrogen and oxygen atoms in total. The molecule has 0 amide bonds. The number of nitrogens with zero attached hydrogens (tertiary/aromatic N) is 2. The molecule has 0 bridgehead atoms. The summed E-state index contributed by atoms with van der Waals surface area (Å²) in [4.78, 5) is 2.39. The van der Waals surface area contributed by atoms with Gasteiger partial charge in [-0.25, -0.2) is 0 Å². The number of aliphatic hydroxyl groups is 1. The van der Waals surface area contributed by atoms with E-state index in [0.29, 0.717) is 11.5 Å². The van der Waals surface area contributed by atoms with Crippen LogP contribution >= 0.6 is 0 Å². The molecule has 112 valence electrons. The van der Waals surface area contributed by atoms with Crippen molar-refractivity contribution in [1.29, 1.82) is 5.26 Å². The second-order valence-electron chi connectivity index (χ2n) is 5.97. The molecule has 1 heterocycles. The Balaban J connectivity index is 1.76. The van der Waals surface area contributed by atoms with E-state index in [0.717, 1.165) is 25.2 Å². The van der Waals surface area contributed by atoms with Crippen molar-refractivity contribution in [3.63, 3.8) is 0 Å². The third kappa shape index (κ3) is 3.19. The van der Waals surface area contributed by atoms with Gasteiger partial charge >= 0.3 is 0 Å². The normalized spacial score (nSPS) is 21.6. The van der Waals surface area contributed by atoms with Crippen LogP contribution in [-0.4, -0.2) is 29.7 Å². The topological polar surface area (TPSA) is 47.3 Å². The maximum absolute atomic E-state index is 9.72. The van der Waals surface area contributed by atoms with Gasteiger partial charge in [0.1, 0.15) is 0 Å². The van der Waals surface area contributed by atoms with E-state index in [-0.39, 0.29) is 12.5 Å². The Morgan fingerprint density at radius 2 is 1.91 bits per heavy atom. The molecule has 1 N–H and O–H groups in total. The third-order valence-electron chi connectivity index (χ3n) is 4.44. The summed E-state index contributed by atoms with van der Waals surface area (Å²) in [5.41, 5.74) is 3.15. The molecule has 3 rings (SSSR count). The van der Waals surface area contributed by atoms with E-state index in [4.69, 9.17) is 5.26 Å². The van der Waals surface area contributed by atoms with Crippen LogP contribution < -0.4 is 0 Å². The number of benzene rings is 2. The molecule has 22 heavy (non-hydrogen) atoms. The number of likely N-dealkylation sites (tertiary alicyclic amines) is 1. The first kappa shape index (κ1) is 14.8. The van der Waals surface area contributed by atoms with Gasteiger partial charge in [0.25, 0.3) is 0 Å². The summed E-state index contributed by atoms with van der Waals surface area (Å²) in [7, 11) is 0. The smallest absolute Gasteiger partial charge is 0.0991 e. The molecule has 0 spiro atoms. The van der Waals surface area contributed by atoms with Crippen LogP contribution in [0.25, 0.3) is 0 Å². The highest BCUT2D eigenvalue weighted by Crippen LogP contribution is 2.33. The van der Waals surface area contributed by atoms with Crippen molar-refractivity contribution in [3.05, 3.63) is 71.3 Å². The standard InChI is InChI=1S/C19H20N2O/c20-10-16-7-4-8-17(9-16)19-13-21(12-18(19)14-22)11-15-5-2-1-3-6-15/h1-9,18-19,22H,11-14H2. The minimum atomic E-state index is 0.187. The highest BCUT2D eigenvalue weighted by molar-refractivity contribution is 5.35. The van der Waals surface area contributed by atoms with E-state index in [9.17, 15) is 5.11 Å². The van der Waals surface area contributed by atoms with Crippen molar-refractivity contribution < 1.29 is 5.11 Å². The molecule has 2 aromatic rings. The Hall–Kier alpha value is -2.15. The summed E-state index contributed by atoms with van der Waals surface area (Å²) in [6.45, 7) is 2.92. The van der Waals surface area contributed by atoms with Crippen LogP contribution in [0.15, 0.2) is 54.6 Å². The summed E-state index contributed by atoms with van der Waals surface area (Å²) in [6, 6.07) is 20.4. The minimum absolute atomic E-state index is 0.187. The Morgan fingerprint density at radius 3 is 2.64 bits per heavy atom. The monoisotopic (exact) mass is 292 g/mol. The van der Waals surface area contributed by atoms with Crippen LogP contribution in [0.1, 0.15) is 22.6 Å². The number of aliphatic hydroxyl groups excluding tert-OH is 1. The van der Waals surface area contributed by atoms with Gasteiger partial charge in [-0.2, -0.15) is 5.26 Å². The van der Waals surface area contributed by atoms with E-state index >= 15 is 0 Å². The first-order valence-electron chi connectivity index (χ1n) is 7.67. The second kappa shape index (κ2) is 6.74. The number of nitriles is 1. The summed E-state index contributed by atoms with van der Waals surface area (Å²) in [5.74, 6) is 0.527. The number of hydrogen-bond donors (Lipinski definition) is 1. The zero-order valence-corrected chi connectivity index (χ0v) is 12.5. The molecule has 1 saturated heterocycles. The van der Waals surface area contributed by atoms with E-state index < -0.39 is 0 Å². The van der Waals surface area contributed by atoms with Gasteiger partial charge in [-0.05, 0) is 23.3 Å². The van der Waals surface area contributed by atoms with Crippen LogP contribution in [0.2, 0.25) is 0 Å². The lowest BCUT2D eigenvalue weighted by atomic mass is 9.89. The highest BCUT2D eigenvalue weighted by atomic mass is 16.3. The molecule has 1 fully saturated rings. The number of hydrogen-bond acceptors (Lipinski definition) is 3. The van der Waals surface area contributed by atoms with Gasteiger partial charge < -0.3 is 5.11 Å². The maximum Gasteiger partial charge on any atom is 0.0991 e. The van der Waals surface area contributed by atoms with E-state index in [1.165, 1.54) is 5.56 Å². The van der Waals surface area contributed by atoms with Crippen molar-refractivity contribution in [2.24, 2.45) is 5.92 Å². The van der Waals surface area contributed by atoms with E-state index in [1.807, 2.05) is 24.3 Å². The fraction of sp³-hybridized carbons (Fsp3) is 0.316. The highest BCUT2D eigenvalue weighted by Gasteiger charge is 2.33. The molecular formula is C19H20N2O. The minimum Gasteiger partial charge on any atom is -0.396 e. The van der Waals surface area contributed by atoms with Crippen molar-refractivity contribution in [2.45, 2.75) is 12.5 Å². The van der Waals surface area contributed by atoms with Crippen molar-refractivity contribution in [3.8, 4) is 6.07 Å². The van der Waals surface area contributed by atoms with Gasteiger partial charge in [-0.15, -0.1) is 0 Å². The van der Waals surface area contributed by atoms with E-state index in [2.05, 4.69) is 41.3 Å². The summed E-state index contributed by atoms with van der Waals surface area (Å²) in [5, 5.41) is 18.8. The predicted molar refractivity (Wildman–Crippen MR) is 86.2 cm³/mol. The van der Waals surface area contributed by atoms with Crippen LogP contribution in [-0.2, 0) is 6.54 Å². The SMILES string of the molecule is N#Cc1cccc(C2CN(Cc3ccccc3)CC2CO)c1. The number of rotatable bonds is 4. The molecule has 0 aromatic heterocycles. The van der Waals surface area contributed by atoms with Gasteiger partial charge in [-0.3, -0.25) is 4.90 Å². The average molecular weight is 292 g/mol. The zero-order valence-electron chi connectivity index (χ0n) is 12.5. The molecular weight excluding hydrogens is 272 g/mol. The quantitative estimate of drug-likeness (QED) is 0.942. The molecule has 0 saturated carbocycles. The average Bonchev–Trinajstić information content (AvgIpc) is 2.99. The molecule has 1 aliphatic rings. The molecule has 2 aromatic carbocycles. The van der Waals surface area contributed by atoms with Crippen molar-refractivity contribution in [1.82, 2.24) is 4.90 Å². The van der Waals surface area contributed by atoms with Gasteiger partial charge in [0.15, 0.2) is 0 Å². The first-order valence-corrected chi connectivity index (χ1v) is 7.67. The Bertz CT molecular complexity index is 663. The third-order valence-corrected chi connectivity index (χ3v) is 4.44. The summed E-state index contributed by atoms with van der Waals surface area (Å²) < 4.78 is 0. The van der Waals surface area contributed by atoms with Gasteiger partial charge in [-0.1, -0.05) is 42.5 Å². The zero-order chi connectivity index (χ0) is 15.4. The van der Waals surface area contributed by atoms with Crippen LogP contribution in [0, 0.1) is 17.2 Å². The second-order valence-corrected chi connectivity index (χ2v) is 5.97. The fourth-order valence-electron chi connectivity index (χ4n) is 3.33. The predicted octanol–water partition coefficient (Wildman–Crippen LogP) is 2.77. The van der Waals surface area contributed by atoms with Gasteiger partial charge in [0, 0.05) is 38.1 Å². The molecule has 3 heteroatoms. The van der Waals surface area contributed by atoms with E-state index in [1.54, 1.807) is 0 Å². The van der Waals surface area contributed by atoms with Gasteiger partial charge in [0.2, 0.25) is 0 Å². The maximum atomic E-state index is 9.72. The first-order chi connectivity index (χ1) is 10.8. The molecule has 0 aliphatic carbocycles. The Labute approximate surface area is 131 Å². The lowest BCUT2D eigenvalue weighted by molar-refractivity contribution is 0.214. The molecule has 0 radical (unpaired) electrons. The Kier molecular flexibility index (Phi) is 4.53. The summed E-state index contributed by atoms with van der Waals surface area (Å²) in [6.07, 6.45) is 0. The van der Waals surface area contributed by atoms with Crippen LogP contribution in [0.3, 0.4) is 0 Å². The lowest BCUT2D eigenvalue weighted by Gasteiger charge is -2.17. The fourth-order valence-corrected chi connectivity index (χ4v) is 3.33. The largest absolute Gasteiger partial charge is 0.396 e.